The molecule has 1 aliphatic heterocycles. The minimum Gasteiger partial charge on any atom is -0.396 e. The summed E-state index contributed by atoms with van der Waals surface area (Å²) in [6, 6.07) is 0. The van der Waals surface area contributed by atoms with Crippen LogP contribution in [0.4, 0.5) is 0 Å². The van der Waals surface area contributed by atoms with Crippen molar-refractivity contribution in [2.45, 2.75) is 23.4 Å². The van der Waals surface area contributed by atoms with Crippen molar-refractivity contribution in [1.82, 2.24) is 0 Å². The molecule has 6 atom stereocenters. The third kappa shape index (κ3) is 1.01. The second kappa shape index (κ2) is 2.82. The fourth-order valence-electron chi connectivity index (χ4n) is 2.16. The summed E-state index contributed by atoms with van der Waals surface area (Å²) < 4.78 is 4.93. The van der Waals surface area contributed by atoms with Gasteiger partial charge in [0.15, 0.2) is 5.79 Å². The van der Waals surface area contributed by atoms with E-state index in [1.807, 2.05) is 0 Å². The molecule has 2 rings (SSSR count). The van der Waals surface area contributed by atoms with Crippen LogP contribution in [0, 0.1) is 11.8 Å². The Hall–Kier alpha value is 0.150. The van der Waals surface area contributed by atoms with Crippen molar-refractivity contribution in [3.05, 3.63) is 0 Å². The molecule has 0 aromatic heterocycles. The first-order chi connectivity index (χ1) is 6.02. The highest BCUT2D eigenvalue weighted by atomic mass is 32.1. The van der Waals surface area contributed by atoms with Crippen LogP contribution in [0.5, 0.6) is 0 Å². The zero-order chi connectivity index (χ0) is 9.80. The highest BCUT2D eigenvalue weighted by Crippen LogP contribution is 2.53. The minimum absolute atomic E-state index is 0.425. The van der Waals surface area contributed by atoms with Crippen LogP contribution in [0.25, 0.3) is 0 Å². The van der Waals surface area contributed by atoms with E-state index in [2.05, 4.69) is 12.6 Å². The number of ether oxygens (including phenoxy) is 1. The zero-order valence-corrected chi connectivity index (χ0v) is 7.63. The average Bonchev–Trinajstić information content (AvgIpc) is 2.17. The maximum absolute atomic E-state index is 9.77. The second-order valence-corrected chi connectivity index (χ2v) is 4.07. The van der Waals surface area contributed by atoms with Gasteiger partial charge in [0, 0.05) is 0 Å². The SMILES string of the molecule is OCC1[C@@H](O)C(O)C2[C@@H](S)OC12O. The van der Waals surface area contributed by atoms with Crippen LogP contribution < -0.4 is 0 Å². The molecule has 0 radical (unpaired) electrons. The maximum atomic E-state index is 9.77. The fourth-order valence-corrected chi connectivity index (χ4v) is 2.72. The van der Waals surface area contributed by atoms with Gasteiger partial charge in [-0.25, -0.2) is 0 Å². The Bertz CT molecular complexity index is 213. The normalized spacial score (nSPS) is 60.2. The van der Waals surface area contributed by atoms with Gasteiger partial charge in [-0.1, -0.05) is 0 Å². The van der Waals surface area contributed by atoms with Gasteiger partial charge >= 0.3 is 0 Å². The molecule has 0 aromatic carbocycles. The van der Waals surface area contributed by atoms with Crippen molar-refractivity contribution in [2.75, 3.05) is 6.61 Å². The van der Waals surface area contributed by atoms with E-state index in [-0.39, 0.29) is 0 Å². The van der Waals surface area contributed by atoms with Gasteiger partial charge in [0.25, 0.3) is 0 Å². The van der Waals surface area contributed by atoms with Crippen LogP contribution in [0.15, 0.2) is 0 Å². The average molecular weight is 208 g/mol. The molecule has 0 spiro atoms. The Balaban J connectivity index is 2.25. The van der Waals surface area contributed by atoms with E-state index in [4.69, 9.17) is 9.84 Å². The van der Waals surface area contributed by atoms with E-state index in [0.717, 1.165) is 0 Å². The minimum atomic E-state index is -1.61. The standard InChI is InChI=1S/C7H12O5S/c8-1-2-4(9)5(10)3-6(13)12-7(2,3)11/h2-6,8-11,13H,1H2/t2?,3?,4-,5?,6-,7?/m1/s1. The van der Waals surface area contributed by atoms with Crippen molar-refractivity contribution in [3.63, 3.8) is 0 Å². The van der Waals surface area contributed by atoms with Crippen LogP contribution in [-0.4, -0.2) is 50.5 Å². The number of aliphatic hydroxyl groups is 4. The van der Waals surface area contributed by atoms with Gasteiger partial charge in [-0.05, 0) is 0 Å². The Labute approximate surface area is 80.4 Å². The van der Waals surface area contributed by atoms with E-state index in [0.29, 0.717) is 0 Å². The largest absolute Gasteiger partial charge is 0.396 e. The molecule has 5 nitrogen and oxygen atoms in total. The van der Waals surface area contributed by atoms with E-state index in [9.17, 15) is 15.3 Å². The fraction of sp³-hybridized carbons (Fsp3) is 1.00. The number of rotatable bonds is 1. The third-order valence-corrected chi connectivity index (χ3v) is 3.38. The molecule has 0 aromatic rings. The van der Waals surface area contributed by atoms with Crippen molar-refractivity contribution in [1.29, 1.82) is 0 Å². The Morgan fingerprint density at radius 3 is 2.31 bits per heavy atom. The number of hydrogen-bond acceptors (Lipinski definition) is 6. The number of aliphatic hydroxyl groups excluding tert-OH is 3. The molecule has 0 bridgehead atoms. The summed E-state index contributed by atoms with van der Waals surface area (Å²) in [5.41, 5.74) is -0.578. The van der Waals surface area contributed by atoms with Crippen molar-refractivity contribution >= 4 is 12.6 Å². The van der Waals surface area contributed by atoms with Gasteiger partial charge in [0.05, 0.1) is 30.7 Å². The van der Waals surface area contributed by atoms with Crippen LogP contribution in [0.2, 0.25) is 0 Å². The molecule has 1 heterocycles. The Kier molecular flexibility index (Phi) is 2.10. The van der Waals surface area contributed by atoms with E-state index in [1.54, 1.807) is 0 Å². The quantitative estimate of drug-likeness (QED) is 0.319. The molecular formula is C7H12O5S. The summed E-state index contributed by atoms with van der Waals surface area (Å²) in [7, 11) is 0. The number of fused-ring (bicyclic) bond motifs is 1. The van der Waals surface area contributed by atoms with Crippen molar-refractivity contribution < 1.29 is 25.2 Å². The molecule has 2 fully saturated rings. The van der Waals surface area contributed by atoms with Gasteiger partial charge in [0.1, 0.15) is 5.44 Å². The predicted octanol–water partition coefficient (Wildman–Crippen LogP) is -2.08. The lowest BCUT2D eigenvalue weighted by atomic mass is 9.91. The molecule has 0 amide bonds. The molecule has 1 aliphatic carbocycles. The highest BCUT2D eigenvalue weighted by Gasteiger charge is 2.69. The van der Waals surface area contributed by atoms with E-state index in [1.165, 1.54) is 0 Å². The van der Waals surface area contributed by atoms with Crippen LogP contribution >= 0.6 is 12.6 Å². The molecule has 76 valence electrons. The third-order valence-electron chi connectivity index (χ3n) is 2.95. The summed E-state index contributed by atoms with van der Waals surface area (Å²) in [4.78, 5) is 0. The molecule has 4 N–H and O–H groups in total. The van der Waals surface area contributed by atoms with Gasteiger partial charge in [-0.3, -0.25) is 0 Å². The summed E-state index contributed by atoms with van der Waals surface area (Å²) in [6.07, 6.45) is -2.24. The molecule has 2 aliphatic rings. The first-order valence-electron chi connectivity index (χ1n) is 4.07. The molecule has 4 unspecified atom stereocenters. The monoisotopic (exact) mass is 208 g/mol. The number of hydrogen-bond donors (Lipinski definition) is 5. The van der Waals surface area contributed by atoms with Crippen LogP contribution in [0.1, 0.15) is 0 Å². The van der Waals surface area contributed by atoms with Gasteiger partial charge < -0.3 is 25.2 Å². The lowest BCUT2D eigenvalue weighted by Crippen LogP contribution is -2.61. The first kappa shape index (κ1) is 9.70. The molecule has 1 saturated heterocycles. The predicted molar refractivity (Wildman–Crippen MR) is 44.9 cm³/mol. The van der Waals surface area contributed by atoms with Gasteiger partial charge in [-0.15, -0.1) is 12.6 Å². The summed E-state index contributed by atoms with van der Waals surface area (Å²) >= 11 is 3.96. The maximum Gasteiger partial charge on any atom is 0.183 e. The topological polar surface area (TPSA) is 90.2 Å². The van der Waals surface area contributed by atoms with Crippen LogP contribution in [-0.2, 0) is 4.74 Å². The zero-order valence-electron chi connectivity index (χ0n) is 6.74. The molecule has 6 heteroatoms. The first-order valence-corrected chi connectivity index (χ1v) is 4.59. The highest BCUT2D eigenvalue weighted by molar-refractivity contribution is 7.80. The van der Waals surface area contributed by atoms with E-state index < -0.39 is 41.9 Å². The van der Waals surface area contributed by atoms with E-state index >= 15 is 0 Å². The summed E-state index contributed by atoms with van der Waals surface area (Å²) in [6.45, 7) is -0.425. The lowest BCUT2D eigenvalue weighted by Gasteiger charge is -2.47. The molecule has 1 saturated carbocycles. The summed E-state index contributed by atoms with van der Waals surface area (Å²) in [5, 5.41) is 37.6. The number of thiol groups is 1. The van der Waals surface area contributed by atoms with Crippen molar-refractivity contribution in [2.24, 2.45) is 11.8 Å². The van der Waals surface area contributed by atoms with Gasteiger partial charge in [0.2, 0.25) is 0 Å². The van der Waals surface area contributed by atoms with Crippen molar-refractivity contribution in [3.8, 4) is 0 Å². The Morgan fingerprint density at radius 2 is 1.92 bits per heavy atom. The molecule has 13 heavy (non-hydrogen) atoms. The lowest BCUT2D eigenvalue weighted by molar-refractivity contribution is -0.355. The summed E-state index contributed by atoms with van der Waals surface area (Å²) in [5.74, 6) is -3.08. The van der Waals surface area contributed by atoms with Gasteiger partial charge in [-0.2, -0.15) is 0 Å². The van der Waals surface area contributed by atoms with Crippen LogP contribution in [0.3, 0.4) is 0 Å². The second-order valence-electron chi connectivity index (χ2n) is 3.56. The Morgan fingerprint density at radius 1 is 1.31 bits per heavy atom. The molecular weight excluding hydrogens is 196 g/mol. The smallest absolute Gasteiger partial charge is 0.183 e.